The Morgan fingerprint density at radius 3 is 2.07 bits per heavy atom. The van der Waals surface area contributed by atoms with Crippen LogP contribution in [-0.2, 0) is 0 Å². The number of carbonyl (C=O) groups is 1. The number of carbonyl (C=O) groups excluding carboxylic acids is 1. The summed E-state index contributed by atoms with van der Waals surface area (Å²) >= 11 is 0. The first-order valence-electron chi connectivity index (χ1n) is 6.01. The summed E-state index contributed by atoms with van der Waals surface area (Å²) in [6.07, 6.45) is 7.34. The van der Waals surface area contributed by atoms with E-state index in [-0.39, 0.29) is 0 Å². The Balaban J connectivity index is 2.89. The summed E-state index contributed by atoms with van der Waals surface area (Å²) in [7, 11) is 0. The molecule has 0 saturated heterocycles. The molecule has 0 aliphatic carbocycles. The molecule has 0 bridgehead atoms. The lowest BCUT2D eigenvalue weighted by Crippen LogP contribution is -2.29. The van der Waals surface area contributed by atoms with Gasteiger partial charge in [-0.15, -0.1) is 0 Å². The van der Waals surface area contributed by atoms with E-state index in [0.29, 0.717) is 6.54 Å². The minimum Gasteiger partial charge on any atom is -0.352 e. The Kier molecular flexibility index (Phi) is 10.7. The van der Waals surface area contributed by atoms with Crippen LogP contribution in [0.15, 0.2) is 0 Å². The van der Waals surface area contributed by atoms with Crippen LogP contribution >= 0.6 is 0 Å². The lowest BCUT2D eigenvalue weighted by atomic mass is 10.1. The van der Waals surface area contributed by atoms with Crippen LogP contribution in [0, 0.1) is 0 Å². The van der Waals surface area contributed by atoms with Gasteiger partial charge in [0.05, 0.1) is 0 Å². The molecule has 90 valence electrons. The van der Waals surface area contributed by atoms with E-state index in [1.165, 1.54) is 32.1 Å². The van der Waals surface area contributed by atoms with E-state index in [9.17, 15) is 4.79 Å². The van der Waals surface area contributed by atoms with Crippen molar-refractivity contribution >= 4 is 6.03 Å². The summed E-state index contributed by atoms with van der Waals surface area (Å²) in [4.78, 5) is 10.3. The number of nitrogens with one attached hydrogen (secondary N) is 2. The molecule has 0 aliphatic heterocycles. The minimum absolute atomic E-state index is 0.416. The first-order valence-corrected chi connectivity index (χ1v) is 6.01. The molecule has 2 amide bonds. The molecule has 0 aliphatic rings. The van der Waals surface area contributed by atoms with Gasteiger partial charge in [0.1, 0.15) is 0 Å². The van der Waals surface area contributed by atoms with E-state index >= 15 is 0 Å². The van der Waals surface area contributed by atoms with Gasteiger partial charge in [-0.3, -0.25) is 0 Å². The van der Waals surface area contributed by atoms with Crippen molar-refractivity contribution in [2.24, 2.45) is 5.73 Å². The van der Waals surface area contributed by atoms with Crippen molar-refractivity contribution in [1.82, 2.24) is 10.6 Å². The predicted octanol–water partition coefficient (Wildman–Crippen LogP) is 1.60. The number of rotatable bonds is 10. The Morgan fingerprint density at radius 2 is 1.53 bits per heavy atom. The van der Waals surface area contributed by atoms with Crippen molar-refractivity contribution in [1.29, 1.82) is 0 Å². The molecule has 0 heterocycles. The van der Waals surface area contributed by atoms with E-state index < -0.39 is 6.03 Å². The summed E-state index contributed by atoms with van der Waals surface area (Å²) in [5.74, 6) is 0. The van der Waals surface area contributed by atoms with Crippen LogP contribution in [0.4, 0.5) is 4.79 Å². The van der Waals surface area contributed by atoms with Gasteiger partial charge in [0.2, 0.25) is 0 Å². The third-order valence-corrected chi connectivity index (χ3v) is 2.33. The Bertz CT molecular complexity index is 151. The molecule has 4 N–H and O–H groups in total. The number of urea groups is 1. The maximum atomic E-state index is 10.3. The SMILES string of the molecule is CCNCCCCCCCCNC(N)=O. The van der Waals surface area contributed by atoms with Gasteiger partial charge in [0, 0.05) is 6.54 Å². The monoisotopic (exact) mass is 215 g/mol. The molecule has 0 aromatic rings. The first-order chi connectivity index (χ1) is 7.27. The van der Waals surface area contributed by atoms with Crippen molar-refractivity contribution in [3.8, 4) is 0 Å². The van der Waals surface area contributed by atoms with Crippen molar-refractivity contribution in [2.75, 3.05) is 19.6 Å². The molecule has 0 unspecified atom stereocenters. The van der Waals surface area contributed by atoms with Gasteiger partial charge in [0.25, 0.3) is 0 Å². The number of hydrogen-bond acceptors (Lipinski definition) is 2. The highest BCUT2D eigenvalue weighted by atomic mass is 16.2. The Labute approximate surface area is 93.0 Å². The summed E-state index contributed by atoms with van der Waals surface area (Å²) in [6.45, 7) is 5.05. The highest BCUT2D eigenvalue weighted by Crippen LogP contribution is 2.04. The summed E-state index contributed by atoms with van der Waals surface area (Å²) in [5, 5.41) is 5.90. The lowest BCUT2D eigenvalue weighted by molar-refractivity contribution is 0.248. The summed E-state index contributed by atoms with van der Waals surface area (Å²) < 4.78 is 0. The van der Waals surface area contributed by atoms with Crippen LogP contribution < -0.4 is 16.4 Å². The third-order valence-electron chi connectivity index (χ3n) is 2.33. The van der Waals surface area contributed by atoms with Crippen molar-refractivity contribution < 1.29 is 4.79 Å². The molecule has 0 radical (unpaired) electrons. The van der Waals surface area contributed by atoms with Crippen LogP contribution in [0.25, 0.3) is 0 Å². The van der Waals surface area contributed by atoms with Gasteiger partial charge in [-0.1, -0.05) is 32.6 Å². The van der Waals surface area contributed by atoms with E-state index in [2.05, 4.69) is 17.6 Å². The second-order valence-corrected chi connectivity index (χ2v) is 3.77. The van der Waals surface area contributed by atoms with E-state index in [1.54, 1.807) is 0 Å². The smallest absolute Gasteiger partial charge is 0.312 e. The van der Waals surface area contributed by atoms with Gasteiger partial charge in [0.15, 0.2) is 0 Å². The molecule has 0 atom stereocenters. The second-order valence-electron chi connectivity index (χ2n) is 3.77. The van der Waals surface area contributed by atoms with Crippen LogP contribution in [-0.4, -0.2) is 25.7 Å². The summed E-state index contributed by atoms with van der Waals surface area (Å²) in [5.41, 5.74) is 4.94. The molecule has 0 aromatic heterocycles. The lowest BCUT2D eigenvalue weighted by Gasteiger charge is -2.03. The van der Waals surface area contributed by atoms with Crippen molar-refractivity contribution in [3.63, 3.8) is 0 Å². The first kappa shape index (κ1) is 14.2. The largest absolute Gasteiger partial charge is 0.352 e. The molecule has 15 heavy (non-hydrogen) atoms. The fourth-order valence-corrected chi connectivity index (χ4v) is 1.47. The van der Waals surface area contributed by atoms with E-state index in [0.717, 1.165) is 19.5 Å². The fourth-order valence-electron chi connectivity index (χ4n) is 1.47. The third kappa shape index (κ3) is 13.2. The normalized spacial score (nSPS) is 10.2. The molecular formula is C11H25N3O. The zero-order valence-corrected chi connectivity index (χ0v) is 9.85. The number of unbranched alkanes of at least 4 members (excludes halogenated alkanes) is 5. The standard InChI is InChI=1S/C11H25N3O/c1-2-13-9-7-5-3-4-6-8-10-14-11(12)15/h13H,2-10H2,1H3,(H3,12,14,15). The maximum absolute atomic E-state index is 10.3. The average Bonchev–Trinajstić information content (AvgIpc) is 2.20. The Hall–Kier alpha value is -0.770. The van der Waals surface area contributed by atoms with Gasteiger partial charge in [-0.25, -0.2) is 4.79 Å². The van der Waals surface area contributed by atoms with Crippen molar-refractivity contribution in [3.05, 3.63) is 0 Å². The number of nitrogens with two attached hydrogens (primary N) is 1. The van der Waals surface area contributed by atoms with Crippen LogP contribution in [0.2, 0.25) is 0 Å². The van der Waals surface area contributed by atoms with Gasteiger partial charge < -0.3 is 16.4 Å². The van der Waals surface area contributed by atoms with Gasteiger partial charge >= 0.3 is 6.03 Å². The molecular weight excluding hydrogens is 190 g/mol. The molecule has 0 aromatic carbocycles. The predicted molar refractivity (Wildman–Crippen MR) is 63.8 cm³/mol. The minimum atomic E-state index is -0.416. The Morgan fingerprint density at radius 1 is 1.00 bits per heavy atom. The molecule has 4 nitrogen and oxygen atoms in total. The molecule has 0 spiro atoms. The van der Waals surface area contributed by atoms with Crippen LogP contribution in [0.5, 0.6) is 0 Å². The van der Waals surface area contributed by atoms with E-state index in [4.69, 9.17) is 5.73 Å². The highest BCUT2D eigenvalue weighted by Gasteiger charge is 1.93. The second kappa shape index (κ2) is 11.3. The zero-order chi connectivity index (χ0) is 11.4. The molecule has 0 saturated carbocycles. The van der Waals surface area contributed by atoms with Gasteiger partial charge in [-0.2, -0.15) is 0 Å². The number of primary amides is 1. The topological polar surface area (TPSA) is 67.2 Å². The number of amides is 2. The van der Waals surface area contributed by atoms with Crippen LogP contribution in [0.3, 0.4) is 0 Å². The van der Waals surface area contributed by atoms with E-state index in [1.807, 2.05) is 0 Å². The summed E-state index contributed by atoms with van der Waals surface area (Å²) in [6, 6.07) is -0.416. The maximum Gasteiger partial charge on any atom is 0.312 e. The highest BCUT2D eigenvalue weighted by molar-refractivity contribution is 5.71. The molecule has 0 fully saturated rings. The average molecular weight is 215 g/mol. The van der Waals surface area contributed by atoms with Crippen LogP contribution in [0.1, 0.15) is 45.4 Å². The molecule has 4 heteroatoms. The van der Waals surface area contributed by atoms with Gasteiger partial charge in [-0.05, 0) is 25.9 Å². The zero-order valence-electron chi connectivity index (χ0n) is 9.85. The van der Waals surface area contributed by atoms with Crippen molar-refractivity contribution in [2.45, 2.75) is 45.4 Å². The fraction of sp³-hybridized carbons (Fsp3) is 0.909. The quantitative estimate of drug-likeness (QED) is 0.485. The number of hydrogen-bond donors (Lipinski definition) is 3. The molecule has 0 rings (SSSR count).